The highest BCUT2D eigenvalue weighted by Crippen LogP contribution is 2.28. The third-order valence-corrected chi connectivity index (χ3v) is 8.91. The van der Waals surface area contributed by atoms with Gasteiger partial charge in [-0.3, -0.25) is 14.2 Å². The van der Waals surface area contributed by atoms with Crippen LogP contribution >= 0.6 is 12.2 Å². The standard InChI is InChI=1S/C25H27N3O5S2/c1-27(13-4-14-28-24(30)20-5-2-3-6-21(20)26-25(28)31)35(32,33)23-15-19(11-12-22(23)34)18-9-7-17(16-29)8-10-18/h7-11,15-16H,2-6,12-14H2,1H3,(H,26,31). The van der Waals surface area contributed by atoms with Crippen LogP contribution in [0.3, 0.4) is 0 Å². The van der Waals surface area contributed by atoms with Crippen molar-refractivity contribution in [3.63, 3.8) is 0 Å². The predicted octanol–water partition coefficient (Wildman–Crippen LogP) is 2.62. The first-order valence-electron chi connectivity index (χ1n) is 11.5. The molecule has 10 heteroatoms. The monoisotopic (exact) mass is 513 g/mol. The van der Waals surface area contributed by atoms with E-state index in [1.165, 1.54) is 15.9 Å². The Balaban J connectivity index is 1.48. The third-order valence-electron chi connectivity index (χ3n) is 6.47. The van der Waals surface area contributed by atoms with Crippen LogP contribution in [0.15, 0.2) is 50.9 Å². The number of benzene rings is 1. The van der Waals surface area contributed by atoms with Crippen LogP contribution in [-0.4, -0.2) is 47.0 Å². The molecule has 1 aromatic heterocycles. The number of aromatic nitrogens is 2. The lowest BCUT2D eigenvalue weighted by Crippen LogP contribution is -2.40. The van der Waals surface area contributed by atoms with Gasteiger partial charge in [0.1, 0.15) is 6.29 Å². The molecule has 0 spiro atoms. The smallest absolute Gasteiger partial charge is 0.311 e. The lowest BCUT2D eigenvalue weighted by molar-refractivity contribution is 0.112. The molecule has 4 rings (SSSR count). The fourth-order valence-electron chi connectivity index (χ4n) is 4.43. The Morgan fingerprint density at radius 3 is 2.57 bits per heavy atom. The van der Waals surface area contributed by atoms with E-state index in [1.807, 2.05) is 6.08 Å². The number of allylic oxidation sites excluding steroid dienone is 4. The lowest BCUT2D eigenvalue weighted by Gasteiger charge is -2.22. The number of nitrogens with one attached hydrogen (secondary N) is 1. The van der Waals surface area contributed by atoms with Gasteiger partial charge in [0, 0.05) is 48.2 Å². The maximum Gasteiger partial charge on any atom is 0.328 e. The number of rotatable bonds is 8. The summed E-state index contributed by atoms with van der Waals surface area (Å²) in [7, 11) is -2.40. The number of aryl methyl sites for hydroxylation is 1. The van der Waals surface area contributed by atoms with Crippen molar-refractivity contribution >= 4 is 39.0 Å². The molecule has 0 saturated carbocycles. The summed E-state index contributed by atoms with van der Waals surface area (Å²) >= 11 is 5.36. The Bertz CT molecular complexity index is 1450. The molecule has 0 amide bonds. The summed E-state index contributed by atoms with van der Waals surface area (Å²) in [6, 6.07) is 6.88. The van der Waals surface area contributed by atoms with E-state index in [1.54, 1.807) is 30.3 Å². The average Bonchev–Trinajstić information content (AvgIpc) is 2.86. The van der Waals surface area contributed by atoms with E-state index in [0.29, 0.717) is 41.7 Å². The number of nitrogens with zero attached hydrogens (tertiary/aromatic N) is 2. The van der Waals surface area contributed by atoms with E-state index >= 15 is 0 Å². The van der Waals surface area contributed by atoms with Crippen molar-refractivity contribution in [3.05, 3.63) is 84.5 Å². The molecule has 2 aromatic rings. The highest BCUT2D eigenvalue weighted by molar-refractivity contribution is 7.96. The van der Waals surface area contributed by atoms with Gasteiger partial charge in [-0.15, -0.1) is 0 Å². The molecule has 184 valence electrons. The molecule has 35 heavy (non-hydrogen) atoms. The lowest BCUT2D eigenvalue weighted by atomic mass is 9.97. The first-order valence-corrected chi connectivity index (χ1v) is 13.4. The molecule has 1 heterocycles. The van der Waals surface area contributed by atoms with Gasteiger partial charge < -0.3 is 4.98 Å². The number of hydrogen-bond donors (Lipinski definition) is 1. The summed E-state index contributed by atoms with van der Waals surface area (Å²) in [5.41, 5.74) is 2.71. The SMILES string of the molecule is CN(CCCn1c(=O)[nH]c2c(c1=O)CCCC2)S(=O)(=O)C1=CC(c2ccc(C=O)cc2)=CCC1=S. The van der Waals surface area contributed by atoms with Crippen molar-refractivity contribution in [2.45, 2.75) is 45.1 Å². The second-order valence-electron chi connectivity index (χ2n) is 8.77. The van der Waals surface area contributed by atoms with E-state index < -0.39 is 15.7 Å². The minimum atomic E-state index is -3.87. The van der Waals surface area contributed by atoms with E-state index in [4.69, 9.17) is 12.2 Å². The van der Waals surface area contributed by atoms with Crippen molar-refractivity contribution in [2.24, 2.45) is 0 Å². The molecule has 0 atom stereocenters. The fraction of sp³-hybridized carbons (Fsp3) is 0.360. The van der Waals surface area contributed by atoms with Gasteiger partial charge in [-0.25, -0.2) is 17.5 Å². The number of sulfonamides is 1. The Morgan fingerprint density at radius 1 is 1.14 bits per heavy atom. The number of carbonyl (C=O) groups excluding carboxylic acids is 1. The zero-order valence-electron chi connectivity index (χ0n) is 19.5. The Morgan fingerprint density at radius 2 is 1.86 bits per heavy atom. The van der Waals surface area contributed by atoms with Crippen molar-refractivity contribution in [1.29, 1.82) is 0 Å². The molecule has 2 aliphatic carbocycles. The molecule has 0 radical (unpaired) electrons. The van der Waals surface area contributed by atoms with Crippen LogP contribution < -0.4 is 11.2 Å². The van der Waals surface area contributed by atoms with Crippen molar-refractivity contribution in [2.75, 3.05) is 13.6 Å². The number of aromatic amines is 1. The van der Waals surface area contributed by atoms with Gasteiger partial charge in [0.2, 0.25) is 10.0 Å². The van der Waals surface area contributed by atoms with Crippen LogP contribution in [0.2, 0.25) is 0 Å². The van der Waals surface area contributed by atoms with Crippen LogP contribution in [0.4, 0.5) is 0 Å². The minimum Gasteiger partial charge on any atom is -0.311 e. The van der Waals surface area contributed by atoms with Gasteiger partial charge in [0.25, 0.3) is 5.56 Å². The Kier molecular flexibility index (Phi) is 7.44. The molecule has 0 fully saturated rings. The number of H-pyrrole nitrogens is 1. The molecule has 1 aromatic carbocycles. The molecule has 0 bridgehead atoms. The first-order chi connectivity index (χ1) is 16.7. The predicted molar refractivity (Wildman–Crippen MR) is 139 cm³/mol. The maximum atomic E-state index is 13.3. The van der Waals surface area contributed by atoms with Crippen molar-refractivity contribution < 1.29 is 13.2 Å². The van der Waals surface area contributed by atoms with Gasteiger partial charge in [0.15, 0.2) is 0 Å². The van der Waals surface area contributed by atoms with E-state index in [-0.39, 0.29) is 23.6 Å². The van der Waals surface area contributed by atoms with Crippen LogP contribution in [0, 0.1) is 0 Å². The summed E-state index contributed by atoms with van der Waals surface area (Å²) in [6.45, 7) is 0.247. The number of carbonyl (C=O) groups is 1. The van der Waals surface area contributed by atoms with Crippen LogP contribution in [0.1, 0.15) is 52.9 Å². The summed E-state index contributed by atoms with van der Waals surface area (Å²) < 4.78 is 29.0. The molecule has 8 nitrogen and oxygen atoms in total. The molecule has 2 aliphatic rings. The summed E-state index contributed by atoms with van der Waals surface area (Å²) in [5.74, 6) is 0. The summed E-state index contributed by atoms with van der Waals surface area (Å²) in [6.07, 6.45) is 8.02. The van der Waals surface area contributed by atoms with Gasteiger partial charge in [0.05, 0.1) is 4.91 Å². The highest BCUT2D eigenvalue weighted by Gasteiger charge is 2.28. The van der Waals surface area contributed by atoms with Crippen LogP contribution in [-0.2, 0) is 29.4 Å². The van der Waals surface area contributed by atoms with Crippen molar-refractivity contribution in [1.82, 2.24) is 13.9 Å². The fourth-order valence-corrected chi connectivity index (χ4v) is 6.24. The van der Waals surface area contributed by atoms with E-state index in [2.05, 4.69) is 4.98 Å². The molecular weight excluding hydrogens is 486 g/mol. The zero-order valence-corrected chi connectivity index (χ0v) is 21.1. The normalized spacial score (nSPS) is 16.0. The molecule has 0 unspecified atom stereocenters. The summed E-state index contributed by atoms with van der Waals surface area (Å²) in [5, 5.41) is 0. The molecule has 1 N–H and O–H groups in total. The molecular formula is C25H27N3O5S2. The Labute approximate surface area is 209 Å². The second-order valence-corrected chi connectivity index (χ2v) is 11.3. The number of fused-ring (bicyclic) bond motifs is 1. The largest absolute Gasteiger partial charge is 0.328 e. The van der Waals surface area contributed by atoms with Gasteiger partial charge in [-0.05, 0) is 49.3 Å². The highest BCUT2D eigenvalue weighted by atomic mass is 32.2. The first kappa shape index (κ1) is 25.2. The van der Waals surface area contributed by atoms with Gasteiger partial charge in [-0.1, -0.05) is 42.6 Å². The number of hydrogen-bond acceptors (Lipinski definition) is 6. The third kappa shape index (κ3) is 5.19. The quantitative estimate of drug-likeness (QED) is 0.429. The van der Waals surface area contributed by atoms with E-state index in [9.17, 15) is 22.8 Å². The van der Waals surface area contributed by atoms with Gasteiger partial charge in [-0.2, -0.15) is 0 Å². The zero-order chi connectivity index (χ0) is 25.2. The number of thiocarbonyl (C=S) groups is 1. The number of aldehydes is 1. The topological polar surface area (TPSA) is 109 Å². The second kappa shape index (κ2) is 10.3. The Hall–Kier alpha value is -2.95. The van der Waals surface area contributed by atoms with Crippen LogP contribution in [0.5, 0.6) is 0 Å². The molecule has 0 saturated heterocycles. The maximum absolute atomic E-state index is 13.3. The van der Waals surface area contributed by atoms with E-state index in [0.717, 1.165) is 36.0 Å². The summed E-state index contributed by atoms with van der Waals surface area (Å²) in [4.78, 5) is 39.3. The minimum absolute atomic E-state index is 0.0655. The van der Waals surface area contributed by atoms with Crippen molar-refractivity contribution in [3.8, 4) is 0 Å². The average molecular weight is 514 g/mol. The van der Waals surface area contributed by atoms with Crippen LogP contribution in [0.25, 0.3) is 5.57 Å². The molecule has 0 aliphatic heterocycles. The van der Waals surface area contributed by atoms with Gasteiger partial charge >= 0.3 is 5.69 Å².